The maximum atomic E-state index is 13.2. The molecule has 0 radical (unpaired) electrons. The molecule has 2 fully saturated rings. The first-order chi connectivity index (χ1) is 14.1. The lowest BCUT2D eigenvalue weighted by Gasteiger charge is -2.35. The van der Waals surface area contributed by atoms with Crippen molar-refractivity contribution in [3.8, 4) is 17.1 Å². The van der Waals surface area contributed by atoms with Gasteiger partial charge in [0.05, 0.1) is 24.8 Å². The standard InChI is InChI=1S/C21H25N3O5/c1-3-28-20(26)24-11-9-23(10-12-24)19(25)21(7-8-21)18-14-17(29-22-18)15-5-4-6-16(13-15)27-2/h4-6,13-14H,3,7-12H2,1-2H3. The van der Waals surface area contributed by atoms with Crippen LogP contribution in [0.25, 0.3) is 11.3 Å². The number of benzene rings is 1. The van der Waals surface area contributed by atoms with Crippen molar-refractivity contribution < 1.29 is 23.6 Å². The van der Waals surface area contributed by atoms with Crippen molar-refractivity contribution in [1.29, 1.82) is 0 Å². The van der Waals surface area contributed by atoms with Gasteiger partial charge in [0.2, 0.25) is 5.91 Å². The summed E-state index contributed by atoms with van der Waals surface area (Å²) in [6.45, 7) is 4.10. The lowest BCUT2D eigenvalue weighted by Crippen LogP contribution is -2.53. The molecule has 0 spiro atoms. The van der Waals surface area contributed by atoms with Crippen LogP contribution in [-0.2, 0) is 14.9 Å². The first-order valence-electron chi connectivity index (χ1n) is 9.90. The topological polar surface area (TPSA) is 85.1 Å². The molecule has 2 amide bonds. The number of nitrogens with zero attached hydrogens (tertiary/aromatic N) is 3. The van der Waals surface area contributed by atoms with Crippen molar-refractivity contribution in [2.24, 2.45) is 0 Å². The van der Waals surface area contributed by atoms with Gasteiger partial charge in [-0.1, -0.05) is 17.3 Å². The van der Waals surface area contributed by atoms with E-state index in [1.54, 1.807) is 18.9 Å². The van der Waals surface area contributed by atoms with Crippen molar-refractivity contribution in [2.45, 2.75) is 25.2 Å². The Balaban J connectivity index is 1.45. The van der Waals surface area contributed by atoms with Crippen LogP contribution >= 0.6 is 0 Å². The zero-order valence-electron chi connectivity index (χ0n) is 16.7. The minimum Gasteiger partial charge on any atom is -0.497 e. The van der Waals surface area contributed by atoms with Crippen LogP contribution in [0.2, 0.25) is 0 Å². The number of methoxy groups -OCH3 is 1. The third-order valence-electron chi connectivity index (χ3n) is 5.61. The highest BCUT2D eigenvalue weighted by atomic mass is 16.6. The summed E-state index contributed by atoms with van der Waals surface area (Å²) < 4.78 is 15.8. The van der Waals surface area contributed by atoms with Crippen molar-refractivity contribution in [3.05, 3.63) is 36.0 Å². The lowest BCUT2D eigenvalue weighted by molar-refractivity contribution is -0.135. The van der Waals surface area contributed by atoms with Gasteiger partial charge in [-0.05, 0) is 31.9 Å². The summed E-state index contributed by atoms with van der Waals surface area (Å²) >= 11 is 0. The number of ether oxygens (including phenoxy) is 2. The number of carbonyl (C=O) groups is 2. The van der Waals surface area contributed by atoms with E-state index in [4.69, 9.17) is 14.0 Å². The van der Waals surface area contributed by atoms with Crippen LogP contribution < -0.4 is 4.74 Å². The molecule has 1 aromatic heterocycles. The minimum absolute atomic E-state index is 0.0616. The van der Waals surface area contributed by atoms with Gasteiger partial charge in [-0.2, -0.15) is 0 Å². The summed E-state index contributed by atoms with van der Waals surface area (Å²) in [5.41, 5.74) is 0.926. The van der Waals surface area contributed by atoms with Gasteiger partial charge < -0.3 is 23.8 Å². The summed E-state index contributed by atoms with van der Waals surface area (Å²) in [6, 6.07) is 9.40. The first-order valence-corrected chi connectivity index (χ1v) is 9.90. The summed E-state index contributed by atoms with van der Waals surface area (Å²) in [5, 5.41) is 4.22. The SMILES string of the molecule is CCOC(=O)N1CCN(C(=O)C2(c3cc(-c4cccc(OC)c4)on3)CC2)CC1. The van der Waals surface area contributed by atoms with Crippen LogP contribution in [0, 0.1) is 0 Å². The predicted octanol–water partition coefficient (Wildman–Crippen LogP) is 2.68. The molecule has 154 valence electrons. The van der Waals surface area contributed by atoms with E-state index in [-0.39, 0.29) is 12.0 Å². The molecule has 2 aliphatic rings. The molecule has 8 heteroatoms. The van der Waals surface area contributed by atoms with Gasteiger partial charge in [0, 0.05) is 37.8 Å². The smallest absolute Gasteiger partial charge is 0.409 e. The highest BCUT2D eigenvalue weighted by Crippen LogP contribution is 2.50. The van der Waals surface area contributed by atoms with Crippen molar-refractivity contribution >= 4 is 12.0 Å². The van der Waals surface area contributed by atoms with Crippen LogP contribution in [0.1, 0.15) is 25.5 Å². The van der Waals surface area contributed by atoms with E-state index >= 15 is 0 Å². The number of carbonyl (C=O) groups excluding carboxylic acids is 2. The van der Waals surface area contributed by atoms with E-state index in [1.165, 1.54) is 0 Å². The summed E-state index contributed by atoms with van der Waals surface area (Å²) in [6.07, 6.45) is 1.20. The Hall–Kier alpha value is -3.03. The molecule has 1 aliphatic carbocycles. The van der Waals surface area contributed by atoms with Crippen LogP contribution in [0.3, 0.4) is 0 Å². The first kappa shape index (κ1) is 19.3. The zero-order chi connectivity index (χ0) is 20.4. The maximum absolute atomic E-state index is 13.2. The molecule has 0 N–H and O–H groups in total. The largest absolute Gasteiger partial charge is 0.497 e. The molecular formula is C21H25N3O5. The second-order valence-electron chi connectivity index (χ2n) is 7.37. The quantitative estimate of drug-likeness (QED) is 0.769. The highest BCUT2D eigenvalue weighted by Gasteiger charge is 2.55. The van der Waals surface area contributed by atoms with Crippen LogP contribution in [0.15, 0.2) is 34.9 Å². The molecule has 1 aliphatic heterocycles. The summed E-state index contributed by atoms with van der Waals surface area (Å²) in [4.78, 5) is 28.5. The van der Waals surface area contributed by atoms with E-state index in [0.717, 1.165) is 24.2 Å². The fourth-order valence-electron chi connectivity index (χ4n) is 3.73. The minimum atomic E-state index is -0.604. The average molecular weight is 399 g/mol. The third kappa shape index (κ3) is 3.66. The molecule has 0 atom stereocenters. The molecule has 1 aromatic carbocycles. The molecule has 0 unspecified atom stereocenters. The van der Waals surface area contributed by atoms with Crippen molar-refractivity contribution in [2.75, 3.05) is 39.9 Å². The average Bonchev–Trinajstić information content (AvgIpc) is 3.42. The Morgan fingerprint density at radius 1 is 1.14 bits per heavy atom. The molecule has 1 saturated heterocycles. The van der Waals surface area contributed by atoms with Gasteiger partial charge in [-0.25, -0.2) is 4.79 Å². The van der Waals surface area contributed by atoms with Gasteiger partial charge in [-0.15, -0.1) is 0 Å². The van der Waals surface area contributed by atoms with E-state index in [2.05, 4.69) is 5.16 Å². The summed E-state index contributed by atoms with van der Waals surface area (Å²) in [5.74, 6) is 1.41. The van der Waals surface area contributed by atoms with E-state index < -0.39 is 5.41 Å². The Kier molecular flexibility index (Phi) is 5.17. The van der Waals surface area contributed by atoms with E-state index in [0.29, 0.717) is 44.2 Å². The van der Waals surface area contributed by atoms with Gasteiger partial charge in [0.1, 0.15) is 5.75 Å². The lowest BCUT2D eigenvalue weighted by atomic mass is 9.99. The van der Waals surface area contributed by atoms with Gasteiger partial charge in [0.15, 0.2) is 5.76 Å². The fourth-order valence-corrected chi connectivity index (χ4v) is 3.73. The van der Waals surface area contributed by atoms with E-state index in [1.807, 2.05) is 35.2 Å². The monoisotopic (exact) mass is 399 g/mol. The molecule has 2 aromatic rings. The van der Waals surface area contributed by atoms with Crippen molar-refractivity contribution in [3.63, 3.8) is 0 Å². The predicted molar refractivity (Wildman–Crippen MR) is 105 cm³/mol. The Labute approximate surface area is 169 Å². The van der Waals surface area contributed by atoms with Gasteiger partial charge in [0.25, 0.3) is 0 Å². The highest BCUT2D eigenvalue weighted by molar-refractivity contribution is 5.91. The molecule has 0 bridgehead atoms. The molecule has 2 heterocycles. The molecule has 1 saturated carbocycles. The zero-order valence-corrected chi connectivity index (χ0v) is 16.7. The number of amides is 2. The van der Waals surface area contributed by atoms with Crippen LogP contribution in [-0.4, -0.2) is 66.9 Å². The number of rotatable bonds is 5. The molecule has 4 rings (SSSR count). The van der Waals surface area contributed by atoms with Gasteiger partial charge in [-0.3, -0.25) is 4.79 Å². The Morgan fingerprint density at radius 3 is 2.52 bits per heavy atom. The van der Waals surface area contributed by atoms with E-state index in [9.17, 15) is 9.59 Å². The molecule has 29 heavy (non-hydrogen) atoms. The maximum Gasteiger partial charge on any atom is 0.409 e. The third-order valence-corrected chi connectivity index (χ3v) is 5.61. The number of hydrogen-bond acceptors (Lipinski definition) is 6. The number of hydrogen-bond donors (Lipinski definition) is 0. The van der Waals surface area contributed by atoms with Crippen LogP contribution in [0.5, 0.6) is 5.75 Å². The Morgan fingerprint density at radius 2 is 1.86 bits per heavy atom. The normalized spacial score (nSPS) is 17.7. The second-order valence-corrected chi connectivity index (χ2v) is 7.37. The van der Waals surface area contributed by atoms with Gasteiger partial charge >= 0.3 is 6.09 Å². The summed E-state index contributed by atoms with van der Waals surface area (Å²) in [7, 11) is 1.62. The molecular weight excluding hydrogens is 374 g/mol. The Bertz CT molecular complexity index is 897. The number of aromatic nitrogens is 1. The molecule has 8 nitrogen and oxygen atoms in total. The fraction of sp³-hybridized carbons (Fsp3) is 0.476. The number of piperazine rings is 1. The van der Waals surface area contributed by atoms with Crippen LogP contribution in [0.4, 0.5) is 4.79 Å². The second kappa shape index (κ2) is 7.77. The van der Waals surface area contributed by atoms with Crippen molar-refractivity contribution in [1.82, 2.24) is 15.0 Å².